The summed E-state index contributed by atoms with van der Waals surface area (Å²) >= 11 is 0. The van der Waals surface area contributed by atoms with Gasteiger partial charge in [0.2, 0.25) is 11.8 Å². The van der Waals surface area contributed by atoms with Crippen LogP contribution in [0.3, 0.4) is 0 Å². The topological polar surface area (TPSA) is 67.2 Å². The van der Waals surface area contributed by atoms with Gasteiger partial charge in [-0.15, -0.1) is 10.2 Å². The normalized spacial score (nSPS) is 19.5. The molecule has 1 N–H and O–H groups in total. The summed E-state index contributed by atoms with van der Waals surface area (Å²) in [5.41, 5.74) is 1.12. The maximum atomic E-state index is 6.27. The molecule has 25 heavy (non-hydrogen) atoms. The molecule has 3 aromatic rings. The van der Waals surface area contributed by atoms with Crippen molar-refractivity contribution in [1.82, 2.24) is 20.1 Å². The first-order valence-corrected chi connectivity index (χ1v) is 9.12. The molecule has 0 radical (unpaired) electrons. The van der Waals surface area contributed by atoms with Crippen LogP contribution in [0.25, 0.3) is 10.9 Å². The van der Waals surface area contributed by atoms with Gasteiger partial charge in [-0.3, -0.25) is 4.90 Å². The maximum absolute atomic E-state index is 6.27. The van der Waals surface area contributed by atoms with Gasteiger partial charge in [0, 0.05) is 36.1 Å². The minimum Gasteiger partial charge on any atom is -0.490 e. The zero-order valence-corrected chi connectivity index (χ0v) is 14.1. The largest absolute Gasteiger partial charge is 0.490 e. The zero-order valence-electron chi connectivity index (χ0n) is 14.1. The second-order valence-corrected chi connectivity index (χ2v) is 7.10. The van der Waals surface area contributed by atoms with Crippen LogP contribution < -0.4 is 4.74 Å². The molecule has 6 nitrogen and oxygen atoms in total. The molecule has 1 saturated heterocycles. The van der Waals surface area contributed by atoms with Gasteiger partial charge in [-0.25, -0.2) is 0 Å². The van der Waals surface area contributed by atoms with Crippen LogP contribution in [0, 0.1) is 0 Å². The van der Waals surface area contributed by atoms with Crippen LogP contribution in [-0.4, -0.2) is 39.3 Å². The predicted molar refractivity (Wildman–Crippen MR) is 93.5 cm³/mol. The molecule has 1 aromatic carbocycles. The van der Waals surface area contributed by atoms with E-state index in [-0.39, 0.29) is 6.10 Å². The molecule has 6 heteroatoms. The molecule has 1 saturated carbocycles. The smallest absolute Gasteiger partial charge is 0.230 e. The van der Waals surface area contributed by atoms with E-state index in [4.69, 9.17) is 9.15 Å². The quantitative estimate of drug-likeness (QED) is 0.771. The minimum atomic E-state index is 0.265. The molecule has 0 unspecified atom stereocenters. The highest BCUT2D eigenvalue weighted by molar-refractivity contribution is 5.85. The number of aromatic nitrogens is 3. The summed E-state index contributed by atoms with van der Waals surface area (Å²) in [5, 5.41) is 9.52. The van der Waals surface area contributed by atoms with Gasteiger partial charge in [0.05, 0.1) is 6.54 Å². The fourth-order valence-electron chi connectivity index (χ4n) is 3.54. The molecule has 2 aromatic heterocycles. The van der Waals surface area contributed by atoms with Crippen LogP contribution in [0.1, 0.15) is 43.4 Å². The van der Waals surface area contributed by atoms with E-state index in [1.54, 1.807) is 0 Å². The molecular weight excluding hydrogens is 316 g/mol. The summed E-state index contributed by atoms with van der Waals surface area (Å²) in [7, 11) is 0. The van der Waals surface area contributed by atoms with Crippen molar-refractivity contribution in [1.29, 1.82) is 0 Å². The standard InChI is InChI=1S/C19H22N4O2/c1-2-16-15(6-9-20-16)17(3-1)24-14-7-10-23(11-8-14)12-18-21-22-19(25-18)13-4-5-13/h1-3,6,9,13-14,20H,4-5,7-8,10-12H2. The van der Waals surface area contributed by atoms with E-state index >= 15 is 0 Å². The Morgan fingerprint density at radius 1 is 1.12 bits per heavy atom. The van der Waals surface area contributed by atoms with Crippen LogP contribution >= 0.6 is 0 Å². The molecule has 0 spiro atoms. The van der Waals surface area contributed by atoms with Gasteiger partial charge >= 0.3 is 0 Å². The van der Waals surface area contributed by atoms with Crippen LogP contribution in [0.4, 0.5) is 0 Å². The van der Waals surface area contributed by atoms with Gasteiger partial charge in [-0.05, 0) is 43.9 Å². The number of rotatable bonds is 5. The summed E-state index contributed by atoms with van der Waals surface area (Å²) in [6, 6.07) is 8.24. The van der Waals surface area contributed by atoms with Crippen molar-refractivity contribution < 1.29 is 9.15 Å². The van der Waals surface area contributed by atoms with E-state index in [1.807, 2.05) is 12.3 Å². The van der Waals surface area contributed by atoms with Crippen molar-refractivity contribution in [3.63, 3.8) is 0 Å². The molecule has 2 fully saturated rings. The maximum Gasteiger partial charge on any atom is 0.230 e. The molecular formula is C19H22N4O2. The monoisotopic (exact) mass is 338 g/mol. The van der Waals surface area contributed by atoms with Crippen LogP contribution in [0.5, 0.6) is 5.75 Å². The van der Waals surface area contributed by atoms with Crippen molar-refractivity contribution in [2.45, 2.75) is 44.2 Å². The molecule has 1 aliphatic heterocycles. The minimum absolute atomic E-state index is 0.265. The van der Waals surface area contributed by atoms with Gasteiger partial charge in [-0.1, -0.05) is 6.07 Å². The molecule has 5 rings (SSSR count). The van der Waals surface area contributed by atoms with E-state index < -0.39 is 0 Å². The first kappa shape index (κ1) is 15.0. The van der Waals surface area contributed by atoms with Gasteiger partial charge in [-0.2, -0.15) is 0 Å². The van der Waals surface area contributed by atoms with Crippen molar-refractivity contribution in [2.75, 3.05) is 13.1 Å². The fourth-order valence-corrected chi connectivity index (χ4v) is 3.54. The first-order valence-electron chi connectivity index (χ1n) is 9.12. The van der Waals surface area contributed by atoms with Crippen LogP contribution in [0.2, 0.25) is 0 Å². The zero-order chi connectivity index (χ0) is 16.6. The number of likely N-dealkylation sites (tertiary alicyclic amines) is 1. The van der Waals surface area contributed by atoms with Crippen LogP contribution in [0.15, 0.2) is 34.9 Å². The summed E-state index contributed by atoms with van der Waals surface area (Å²) in [6.07, 6.45) is 6.65. The number of piperidine rings is 1. The predicted octanol–water partition coefficient (Wildman–Crippen LogP) is 3.47. The average molecular weight is 338 g/mol. The molecule has 1 aliphatic carbocycles. The first-order chi connectivity index (χ1) is 12.3. The number of nitrogens with zero attached hydrogens (tertiary/aromatic N) is 3. The Balaban J connectivity index is 1.17. The number of nitrogens with one attached hydrogen (secondary N) is 1. The van der Waals surface area contributed by atoms with Crippen molar-refractivity contribution in [2.24, 2.45) is 0 Å². The summed E-state index contributed by atoms with van der Waals surface area (Å²) < 4.78 is 12.0. The number of benzene rings is 1. The van der Waals surface area contributed by atoms with Gasteiger partial charge < -0.3 is 14.1 Å². The van der Waals surface area contributed by atoms with E-state index in [9.17, 15) is 0 Å². The number of hydrogen-bond acceptors (Lipinski definition) is 5. The number of ether oxygens (including phenoxy) is 1. The Bertz CT molecular complexity index is 859. The van der Waals surface area contributed by atoms with E-state index in [1.165, 1.54) is 12.8 Å². The summed E-state index contributed by atoms with van der Waals surface area (Å²) in [5.74, 6) is 3.07. The highest BCUT2D eigenvalue weighted by Crippen LogP contribution is 2.39. The third-order valence-corrected chi connectivity index (χ3v) is 5.15. The number of hydrogen-bond donors (Lipinski definition) is 1. The number of fused-ring (bicyclic) bond motifs is 1. The summed E-state index contributed by atoms with van der Waals surface area (Å²) in [4.78, 5) is 5.61. The average Bonchev–Trinajstić information content (AvgIpc) is 3.18. The molecule has 2 aliphatic rings. The van der Waals surface area contributed by atoms with Gasteiger partial charge in [0.25, 0.3) is 0 Å². The molecule has 3 heterocycles. The van der Waals surface area contributed by atoms with E-state index in [0.29, 0.717) is 5.92 Å². The summed E-state index contributed by atoms with van der Waals surface area (Å²) in [6.45, 7) is 2.74. The van der Waals surface area contributed by atoms with Crippen molar-refractivity contribution in [3.8, 4) is 5.75 Å². The Hall–Kier alpha value is -2.34. The van der Waals surface area contributed by atoms with Crippen LogP contribution in [-0.2, 0) is 6.54 Å². The number of H-pyrrole nitrogens is 1. The Labute approximate surface area is 146 Å². The van der Waals surface area contributed by atoms with Crippen molar-refractivity contribution >= 4 is 10.9 Å². The lowest BCUT2D eigenvalue weighted by molar-refractivity contribution is 0.0927. The Morgan fingerprint density at radius 2 is 2.00 bits per heavy atom. The lowest BCUT2D eigenvalue weighted by Crippen LogP contribution is -2.37. The van der Waals surface area contributed by atoms with Crippen molar-refractivity contribution in [3.05, 3.63) is 42.2 Å². The number of aromatic amines is 1. The Kier molecular flexibility index (Phi) is 3.70. The molecule has 0 atom stereocenters. The Morgan fingerprint density at radius 3 is 2.84 bits per heavy atom. The van der Waals surface area contributed by atoms with Gasteiger partial charge in [0.15, 0.2) is 0 Å². The van der Waals surface area contributed by atoms with E-state index in [2.05, 4.69) is 38.3 Å². The second kappa shape index (κ2) is 6.19. The van der Waals surface area contributed by atoms with E-state index in [0.717, 1.165) is 60.9 Å². The molecule has 0 amide bonds. The lowest BCUT2D eigenvalue weighted by atomic mass is 10.1. The fraction of sp³-hybridized carbons (Fsp3) is 0.474. The molecule has 0 bridgehead atoms. The lowest BCUT2D eigenvalue weighted by Gasteiger charge is -2.31. The highest BCUT2D eigenvalue weighted by Gasteiger charge is 2.30. The van der Waals surface area contributed by atoms with Gasteiger partial charge in [0.1, 0.15) is 11.9 Å². The second-order valence-electron chi connectivity index (χ2n) is 7.10. The highest BCUT2D eigenvalue weighted by atomic mass is 16.5. The molecule has 130 valence electrons. The SMILES string of the molecule is c1cc(OC2CCN(Cc3nnc(C4CC4)o3)CC2)c2cc[nH]c2c1. The third-order valence-electron chi connectivity index (χ3n) is 5.15. The third kappa shape index (κ3) is 3.14.